The molecule has 2 rings (SSSR count). The highest BCUT2D eigenvalue weighted by molar-refractivity contribution is 5.68. The molecular weight excluding hydrogens is 309 g/mol. The molecule has 0 spiro atoms. The predicted molar refractivity (Wildman–Crippen MR) is 90.2 cm³/mol. The summed E-state index contributed by atoms with van der Waals surface area (Å²) in [4.78, 5) is 11.8. The van der Waals surface area contributed by atoms with E-state index in [1.165, 1.54) is 12.1 Å². The second kappa shape index (κ2) is 7.52. The predicted octanol–water partition coefficient (Wildman–Crippen LogP) is 3.95. The first kappa shape index (κ1) is 18.1. The van der Waals surface area contributed by atoms with E-state index < -0.39 is 11.4 Å². The Bertz CT molecular complexity index is 626. The molecule has 6 heteroatoms. The molecule has 24 heavy (non-hydrogen) atoms. The van der Waals surface area contributed by atoms with Gasteiger partial charge in [0, 0.05) is 17.8 Å². The number of amides is 1. The van der Waals surface area contributed by atoms with Crippen LogP contribution in [0.15, 0.2) is 18.2 Å². The number of carbonyl (C=O) groups excluding carboxylic acids is 1. The summed E-state index contributed by atoms with van der Waals surface area (Å²) in [5.41, 5.74) is 0.226. The van der Waals surface area contributed by atoms with E-state index >= 15 is 0 Å². The summed E-state index contributed by atoms with van der Waals surface area (Å²) in [5, 5.41) is 14.9. The number of nitrogens with zero attached hydrogens (tertiary/aromatic N) is 1. The van der Waals surface area contributed by atoms with E-state index in [1.54, 1.807) is 6.07 Å². The summed E-state index contributed by atoms with van der Waals surface area (Å²) < 4.78 is 18.9. The van der Waals surface area contributed by atoms with Gasteiger partial charge in [0.05, 0.1) is 5.56 Å². The Morgan fingerprint density at radius 2 is 1.88 bits per heavy atom. The Morgan fingerprint density at radius 1 is 1.25 bits per heavy atom. The summed E-state index contributed by atoms with van der Waals surface area (Å²) in [5.74, 6) is -0.511. The van der Waals surface area contributed by atoms with Gasteiger partial charge in [-0.05, 0) is 64.7 Å². The van der Waals surface area contributed by atoms with Crippen molar-refractivity contribution in [2.45, 2.75) is 64.1 Å². The normalized spacial score (nSPS) is 20.8. The van der Waals surface area contributed by atoms with Gasteiger partial charge in [0.15, 0.2) is 0 Å². The minimum atomic E-state index is -0.511. The lowest BCUT2D eigenvalue weighted by atomic mass is 9.91. The Morgan fingerprint density at radius 3 is 2.42 bits per heavy atom. The van der Waals surface area contributed by atoms with E-state index in [2.05, 4.69) is 10.6 Å². The quantitative estimate of drug-likeness (QED) is 0.878. The zero-order valence-electron chi connectivity index (χ0n) is 14.4. The van der Waals surface area contributed by atoms with Gasteiger partial charge in [-0.25, -0.2) is 9.18 Å². The maximum absolute atomic E-state index is 13.6. The highest BCUT2D eigenvalue weighted by atomic mass is 19.1. The van der Waals surface area contributed by atoms with E-state index in [-0.39, 0.29) is 23.7 Å². The monoisotopic (exact) mass is 333 g/mol. The van der Waals surface area contributed by atoms with Crippen molar-refractivity contribution in [1.29, 1.82) is 5.26 Å². The lowest BCUT2D eigenvalue weighted by Crippen LogP contribution is -2.42. The smallest absolute Gasteiger partial charge is 0.407 e. The number of nitrogens with one attached hydrogen (secondary N) is 2. The van der Waals surface area contributed by atoms with Crippen LogP contribution in [0.5, 0.6) is 0 Å². The van der Waals surface area contributed by atoms with Crippen LogP contribution < -0.4 is 10.6 Å². The molecule has 2 N–H and O–H groups in total. The molecule has 0 radical (unpaired) electrons. The molecule has 0 bridgehead atoms. The maximum atomic E-state index is 13.6. The van der Waals surface area contributed by atoms with E-state index in [4.69, 9.17) is 10.00 Å². The number of hydrogen-bond acceptors (Lipinski definition) is 4. The number of alkyl carbamates (subject to hydrolysis) is 1. The van der Waals surface area contributed by atoms with Gasteiger partial charge in [-0.1, -0.05) is 0 Å². The molecule has 1 amide bonds. The van der Waals surface area contributed by atoms with Crippen LogP contribution in [0.2, 0.25) is 0 Å². The van der Waals surface area contributed by atoms with Crippen LogP contribution in [0.1, 0.15) is 52.0 Å². The standard InChI is InChI=1S/C18H24FN3O2/c1-18(2,3)24-17(23)22-14-8-6-13(7-9-14)21-15-5-4-12(11-20)16(19)10-15/h4-5,10,13-14,21H,6-9H2,1-3H3,(H,22,23)/t13-,14-. The van der Waals surface area contributed by atoms with Gasteiger partial charge in [0.2, 0.25) is 0 Å². The third-order valence-electron chi connectivity index (χ3n) is 3.91. The first-order chi connectivity index (χ1) is 11.3. The van der Waals surface area contributed by atoms with Crippen molar-refractivity contribution in [3.05, 3.63) is 29.6 Å². The molecule has 0 aliphatic heterocycles. The van der Waals surface area contributed by atoms with Crippen molar-refractivity contribution in [2.24, 2.45) is 0 Å². The van der Waals surface area contributed by atoms with Gasteiger partial charge >= 0.3 is 6.09 Å². The van der Waals surface area contributed by atoms with Crippen LogP contribution in [0, 0.1) is 17.1 Å². The molecule has 1 aromatic carbocycles. The van der Waals surface area contributed by atoms with Crippen molar-refractivity contribution in [3.8, 4) is 6.07 Å². The number of halogens is 1. The second-order valence-corrected chi connectivity index (χ2v) is 7.15. The zero-order chi connectivity index (χ0) is 17.7. The van der Waals surface area contributed by atoms with Crippen molar-refractivity contribution in [3.63, 3.8) is 0 Å². The molecule has 130 valence electrons. The number of anilines is 1. The molecule has 0 heterocycles. The number of benzene rings is 1. The fraction of sp³-hybridized carbons (Fsp3) is 0.556. The third kappa shape index (κ3) is 5.41. The summed E-state index contributed by atoms with van der Waals surface area (Å²) in [6.45, 7) is 5.51. The Hall–Kier alpha value is -2.29. The number of hydrogen-bond donors (Lipinski definition) is 2. The molecule has 1 aliphatic carbocycles. The molecule has 5 nitrogen and oxygen atoms in total. The van der Waals surface area contributed by atoms with Gasteiger partial charge in [0.25, 0.3) is 0 Å². The maximum Gasteiger partial charge on any atom is 0.407 e. The van der Waals surface area contributed by atoms with Crippen LogP contribution in [0.3, 0.4) is 0 Å². The van der Waals surface area contributed by atoms with Crippen LogP contribution >= 0.6 is 0 Å². The second-order valence-electron chi connectivity index (χ2n) is 7.15. The molecule has 0 atom stereocenters. The Labute approximate surface area is 142 Å². The fourth-order valence-corrected chi connectivity index (χ4v) is 2.79. The molecule has 0 aromatic heterocycles. The number of rotatable bonds is 3. The van der Waals surface area contributed by atoms with Crippen molar-refractivity contribution >= 4 is 11.8 Å². The Balaban J connectivity index is 1.80. The first-order valence-corrected chi connectivity index (χ1v) is 8.22. The molecule has 1 saturated carbocycles. The van der Waals surface area contributed by atoms with E-state index in [0.717, 1.165) is 25.7 Å². The van der Waals surface area contributed by atoms with Gasteiger partial charge in [-0.3, -0.25) is 0 Å². The lowest BCUT2D eigenvalue weighted by molar-refractivity contribution is 0.0492. The first-order valence-electron chi connectivity index (χ1n) is 8.22. The summed E-state index contributed by atoms with van der Waals surface area (Å²) in [7, 11) is 0. The van der Waals surface area contributed by atoms with Gasteiger partial charge < -0.3 is 15.4 Å². The molecule has 0 saturated heterocycles. The summed E-state index contributed by atoms with van der Waals surface area (Å²) >= 11 is 0. The van der Waals surface area contributed by atoms with Crippen molar-refractivity contribution < 1.29 is 13.9 Å². The van der Waals surface area contributed by atoms with Crippen LogP contribution in [-0.2, 0) is 4.74 Å². The van der Waals surface area contributed by atoms with Crippen LogP contribution in [0.4, 0.5) is 14.9 Å². The minimum absolute atomic E-state index is 0.0471. The average Bonchev–Trinajstić information content (AvgIpc) is 2.47. The lowest BCUT2D eigenvalue weighted by Gasteiger charge is -2.31. The van der Waals surface area contributed by atoms with Crippen LogP contribution in [0.25, 0.3) is 0 Å². The average molecular weight is 333 g/mol. The fourth-order valence-electron chi connectivity index (χ4n) is 2.79. The topological polar surface area (TPSA) is 74.2 Å². The van der Waals surface area contributed by atoms with Crippen molar-refractivity contribution in [2.75, 3.05) is 5.32 Å². The number of nitriles is 1. The molecule has 1 aliphatic rings. The number of carbonyl (C=O) groups is 1. The zero-order valence-corrected chi connectivity index (χ0v) is 14.4. The largest absolute Gasteiger partial charge is 0.444 e. The van der Waals surface area contributed by atoms with Gasteiger partial charge in [-0.15, -0.1) is 0 Å². The highest BCUT2D eigenvalue weighted by Gasteiger charge is 2.24. The van der Waals surface area contributed by atoms with E-state index in [1.807, 2.05) is 26.8 Å². The number of ether oxygens (including phenoxy) is 1. The van der Waals surface area contributed by atoms with E-state index in [9.17, 15) is 9.18 Å². The third-order valence-corrected chi connectivity index (χ3v) is 3.91. The van der Waals surface area contributed by atoms with E-state index in [0.29, 0.717) is 5.69 Å². The molecular formula is C18H24FN3O2. The van der Waals surface area contributed by atoms with Crippen LogP contribution in [-0.4, -0.2) is 23.8 Å². The molecule has 1 aromatic rings. The summed E-state index contributed by atoms with van der Waals surface area (Å²) in [6.07, 6.45) is 3.06. The summed E-state index contributed by atoms with van der Waals surface area (Å²) in [6, 6.07) is 6.69. The molecule has 0 unspecified atom stereocenters. The van der Waals surface area contributed by atoms with Gasteiger partial charge in [-0.2, -0.15) is 5.26 Å². The Kier molecular flexibility index (Phi) is 5.66. The minimum Gasteiger partial charge on any atom is -0.444 e. The SMILES string of the molecule is CC(C)(C)OC(=O)N[C@H]1CC[C@H](Nc2ccc(C#N)c(F)c2)CC1. The highest BCUT2D eigenvalue weighted by Crippen LogP contribution is 2.23. The molecule has 1 fully saturated rings. The van der Waals surface area contributed by atoms with Crippen molar-refractivity contribution in [1.82, 2.24) is 5.32 Å². The van der Waals surface area contributed by atoms with Gasteiger partial charge in [0.1, 0.15) is 17.5 Å².